The number of amides is 1. The lowest BCUT2D eigenvalue weighted by Gasteiger charge is -2.32. The van der Waals surface area contributed by atoms with Crippen LogP contribution in [0.15, 0.2) is 71.7 Å². The van der Waals surface area contributed by atoms with Gasteiger partial charge in [-0.15, -0.1) is 0 Å². The number of carboxylic acids is 1. The third-order valence-corrected chi connectivity index (χ3v) is 7.61. The van der Waals surface area contributed by atoms with Crippen molar-refractivity contribution in [2.45, 2.75) is 12.8 Å². The number of aliphatic imine (C=N–C) groups is 1. The van der Waals surface area contributed by atoms with Gasteiger partial charge in [-0.05, 0) is 67.6 Å². The van der Waals surface area contributed by atoms with Crippen molar-refractivity contribution < 1.29 is 24.2 Å². The third kappa shape index (κ3) is 6.67. The van der Waals surface area contributed by atoms with Crippen LogP contribution in [-0.2, 0) is 16.0 Å². The van der Waals surface area contributed by atoms with Crippen LogP contribution in [0, 0.1) is 5.82 Å². The number of benzene rings is 3. The number of fused-ring (bicyclic) bond motifs is 1. The van der Waals surface area contributed by atoms with Crippen LogP contribution in [-0.4, -0.2) is 89.4 Å². The predicted octanol–water partition coefficient (Wildman–Crippen LogP) is 4.41. The molecule has 0 bridgehead atoms. The van der Waals surface area contributed by atoms with Gasteiger partial charge in [0.1, 0.15) is 5.82 Å². The average Bonchev–Trinajstić information content (AvgIpc) is 3.30. The van der Waals surface area contributed by atoms with Crippen LogP contribution >= 0.6 is 0 Å². The first-order valence-corrected chi connectivity index (χ1v) is 13.9. The van der Waals surface area contributed by atoms with Crippen LogP contribution in [0.5, 0.6) is 5.88 Å². The first kappa shape index (κ1) is 29.0. The lowest BCUT2D eigenvalue weighted by atomic mass is 9.97. The van der Waals surface area contributed by atoms with Crippen molar-refractivity contribution in [3.05, 3.63) is 89.2 Å². The summed E-state index contributed by atoms with van der Waals surface area (Å²) in [5.74, 6) is -1.48. The number of hydrogen-bond donors (Lipinski definition) is 3. The number of carboxylic acid groups (broad SMARTS) is 1. The number of aromatic amines is 1. The number of aromatic nitrogens is 1. The molecule has 0 unspecified atom stereocenters. The summed E-state index contributed by atoms with van der Waals surface area (Å²) in [5.41, 5.74) is 4.06. The van der Waals surface area contributed by atoms with Crippen LogP contribution in [0.4, 0.5) is 15.8 Å². The number of nitrogens with one attached hydrogen (secondary N) is 1. The van der Waals surface area contributed by atoms with Crippen LogP contribution in [0.3, 0.4) is 0 Å². The number of hydrogen-bond acceptors (Lipinski definition) is 6. The molecule has 3 aromatic carbocycles. The van der Waals surface area contributed by atoms with Crippen molar-refractivity contribution in [2.75, 3.05) is 51.7 Å². The lowest BCUT2D eigenvalue weighted by molar-refractivity contribution is -0.137. The highest BCUT2D eigenvalue weighted by Crippen LogP contribution is 2.32. The topological polar surface area (TPSA) is 112 Å². The molecule has 1 aromatic heterocycles. The number of rotatable bonds is 9. The highest BCUT2D eigenvalue weighted by Gasteiger charge is 2.21. The fourth-order valence-corrected chi connectivity index (χ4v) is 5.11. The highest BCUT2D eigenvalue weighted by atomic mass is 19.1. The van der Waals surface area contributed by atoms with Gasteiger partial charge < -0.3 is 25.0 Å². The summed E-state index contributed by atoms with van der Waals surface area (Å²) in [5, 5.41) is 20.7. The minimum atomic E-state index is -0.891. The Labute approximate surface area is 243 Å². The monoisotopic (exact) mass is 571 g/mol. The van der Waals surface area contributed by atoms with Crippen molar-refractivity contribution in [3.8, 4) is 5.88 Å². The Balaban J connectivity index is 1.47. The van der Waals surface area contributed by atoms with Crippen molar-refractivity contribution in [3.63, 3.8) is 0 Å². The van der Waals surface area contributed by atoms with Gasteiger partial charge >= 0.3 is 5.97 Å². The normalized spacial score (nSPS) is 14.8. The van der Waals surface area contributed by atoms with Crippen LogP contribution < -0.4 is 4.90 Å². The Kier molecular flexibility index (Phi) is 8.65. The molecular formula is C32H34FN5O4. The zero-order chi connectivity index (χ0) is 29.8. The van der Waals surface area contributed by atoms with Crippen molar-refractivity contribution >= 4 is 39.9 Å². The molecule has 0 saturated carbocycles. The Morgan fingerprint density at radius 3 is 2.48 bits per heavy atom. The number of aliphatic carboxylic acids is 1. The molecule has 3 N–H and O–H groups in total. The van der Waals surface area contributed by atoms with E-state index in [2.05, 4.69) is 21.8 Å². The molecule has 0 spiro atoms. The Hall–Kier alpha value is -4.54. The second kappa shape index (κ2) is 12.5. The van der Waals surface area contributed by atoms with E-state index < -0.39 is 11.8 Å². The maximum Gasteiger partial charge on any atom is 0.303 e. The van der Waals surface area contributed by atoms with Gasteiger partial charge in [-0.3, -0.25) is 14.5 Å². The number of carbonyl (C=O) groups excluding carboxylic acids is 1. The van der Waals surface area contributed by atoms with Crippen molar-refractivity contribution in [1.82, 2.24) is 14.8 Å². The number of aromatic hydroxyl groups is 1. The van der Waals surface area contributed by atoms with Gasteiger partial charge in [0.25, 0.3) is 0 Å². The average molecular weight is 572 g/mol. The van der Waals surface area contributed by atoms with Gasteiger partial charge in [0.15, 0.2) is 5.88 Å². The molecule has 42 heavy (non-hydrogen) atoms. The summed E-state index contributed by atoms with van der Waals surface area (Å²) in [7, 11) is 3.84. The van der Waals surface area contributed by atoms with Gasteiger partial charge in [-0.1, -0.05) is 18.2 Å². The second-order valence-electron chi connectivity index (χ2n) is 10.6. The molecule has 5 rings (SSSR count). The van der Waals surface area contributed by atoms with Gasteiger partial charge in [-0.2, -0.15) is 0 Å². The molecule has 1 aliphatic heterocycles. The molecule has 0 aliphatic carbocycles. The first-order chi connectivity index (χ1) is 20.2. The minimum absolute atomic E-state index is 0.00520. The van der Waals surface area contributed by atoms with E-state index in [1.54, 1.807) is 30.1 Å². The highest BCUT2D eigenvalue weighted by molar-refractivity contribution is 6.22. The van der Waals surface area contributed by atoms with E-state index in [1.165, 1.54) is 12.1 Å². The number of nitrogens with zero attached hydrogens (tertiary/aromatic N) is 4. The number of aryl methyl sites for hydroxylation is 1. The van der Waals surface area contributed by atoms with E-state index in [4.69, 9.17) is 10.1 Å². The van der Waals surface area contributed by atoms with Crippen LogP contribution in [0.2, 0.25) is 0 Å². The number of anilines is 1. The van der Waals surface area contributed by atoms with E-state index >= 15 is 0 Å². The Morgan fingerprint density at radius 1 is 1.02 bits per heavy atom. The largest absolute Gasteiger partial charge is 0.494 e. The molecule has 218 valence electrons. The maximum atomic E-state index is 13.9. The summed E-state index contributed by atoms with van der Waals surface area (Å²) >= 11 is 0. The fraction of sp³-hybridized carbons (Fsp3) is 0.281. The molecular weight excluding hydrogens is 537 g/mol. The van der Waals surface area contributed by atoms with E-state index in [9.17, 15) is 19.1 Å². The molecule has 0 radical (unpaired) electrons. The summed E-state index contributed by atoms with van der Waals surface area (Å²) in [4.78, 5) is 37.9. The molecule has 1 amide bonds. The second-order valence-corrected chi connectivity index (χ2v) is 10.6. The Morgan fingerprint density at radius 2 is 1.76 bits per heavy atom. The number of piperazine rings is 1. The molecule has 0 atom stereocenters. The van der Waals surface area contributed by atoms with E-state index in [0.717, 1.165) is 37.4 Å². The van der Waals surface area contributed by atoms with Crippen molar-refractivity contribution in [1.29, 1.82) is 0 Å². The first-order valence-electron chi connectivity index (χ1n) is 13.9. The minimum Gasteiger partial charge on any atom is -0.494 e. The molecule has 1 fully saturated rings. The summed E-state index contributed by atoms with van der Waals surface area (Å²) in [6.45, 7) is 3.95. The molecule has 1 saturated heterocycles. The quantitative estimate of drug-likeness (QED) is 0.257. The molecule has 2 heterocycles. The maximum absolute atomic E-state index is 13.9. The molecule has 10 heteroatoms. The summed E-state index contributed by atoms with van der Waals surface area (Å²) < 4.78 is 13.9. The third-order valence-electron chi connectivity index (χ3n) is 7.61. The van der Waals surface area contributed by atoms with Crippen LogP contribution in [0.25, 0.3) is 10.9 Å². The van der Waals surface area contributed by atoms with E-state index in [1.807, 2.05) is 36.4 Å². The van der Waals surface area contributed by atoms with Gasteiger partial charge in [0, 0.05) is 56.3 Å². The van der Waals surface area contributed by atoms with Gasteiger partial charge in [0.2, 0.25) is 5.91 Å². The number of likely N-dealkylation sites (N-methyl/N-ethyl adjacent to an activating group) is 2. The fourth-order valence-electron chi connectivity index (χ4n) is 5.11. The standard InChI is InChI=1S/C32H34FN5O4/c1-36-14-16-38(17-15-36)20-28(39)37(2)25-10-8-24(9-11-25)34-31(22-5-3-4-21(18-22)6-13-29(40)41)30-26-12-7-23(33)19-27(26)35-32(30)42/h3-5,7-12,18-19,35,42H,6,13-17,20H2,1-2H3,(H,40,41). The SMILES string of the molecule is CN1CCN(CC(=O)N(C)c2ccc(N=C(c3cccc(CCC(=O)O)c3)c3c(O)[nH]c4cc(F)ccc34)cc2)CC1. The summed E-state index contributed by atoms with van der Waals surface area (Å²) in [6, 6.07) is 18.8. The predicted molar refractivity (Wildman–Crippen MR) is 161 cm³/mol. The number of halogens is 1. The lowest BCUT2D eigenvalue weighted by Crippen LogP contribution is -2.48. The smallest absolute Gasteiger partial charge is 0.303 e. The summed E-state index contributed by atoms with van der Waals surface area (Å²) in [6.07, 6.45) is 0.320. The number of carbonyl (C=O) groups is 2. The molecule has 9 nitrogen and oxygen atoms in total. The number of H-pyrrole nitrogens is 1. The van der Waals surface area contributed by atoms with E-state index in [-0.39, 0.29) is 18.2 Å². The Bertz CT molecular complexity index is 1620. The van der Waals surface area contributed by atoms with E-state index in [0.29, 0.717) is 46.4 Å². The zero-order valence-corrected chi connectivity index (χ0v) is 23.7. The van der Waals surface area contributed by atoms with Crippen LogP contribution in [0.1, 0.15) is 23.1 Å². The molecule has 1 aliphatic rings. The molecule has 4 aromatic rings. The van der Waals surface area contributed by atoms with Gasteiger partial charge in [0.05, 0.1) is 29.0 Å². The van der Waals surface area contributed by atoms with Crippen molar-refractivity contribution in [2.24, 2.45) is 4.99 Å². The van der Waals surface area contributed by atoms with Gasteiger partial charge in [-0.25, -0.2) is 9.38 Å². The zero-order valence-electron chi connectivity index (χ0n) is 23.7.